The fraction of sp³-hybridized carbons (Fsp3) is 0. The summed E-state index contributed by atoms with van der Waals surface area (Å²) in [6, 6.07) is 1.58. The van der Waals surface area contributed by atoms with Crippen LogP contribution in [0.3, 0.4) is 0 Å². The molecule has 5 nitrogen and oxygen atoms in total. The molecule has 0 aliphatic carbocycles. The summed E-state index contributed by atoms with van der Waals surface area (Å²) < 4.78 is 0. The predicted molar refractivity (Wildman–Crippen MR) is 70.0 cm³/mol. The minimum Gasteiger partial charge on any atom is -0.477 e. The van der Waals surface area contributed by atoms with Gasteiger partial charge in [-0.15, -0.1) is 22.7 Å². The Morgan fingerprint density at radius 2 is 2.28 bits per heavy atom. The number of carboxylic acid groups (broad SMARTS) is 1. The van der Waals surface area contributed by atoms with Gasteiger partial charge in [-0.2, -0.15) is 0 Å². The van der Waals surface area contributed by atoms with E-state index in [2.05, 4.69) is 15.0 Å². The van der Waals surface area contributed by atoms with Crippen LogP contribution < -0.4 is 0 Å². The largest absolute Gasteiger partial charge is 0.477 e. The van der Waals surface area contributed by atoms with Crippen LogP contribution in [0, 0.1) is 0 Å². The van der Waals surface area contributed by atoms with Crippen molar-refractivity contribution in [1.29, 1.82) is 0 Å². The van der Waals surface area contributed by atoms with Gasteiger partial charge < -0.3 is 10.1 Å². The maximum Gasteiger partial charge on any atom is 0.352 e. The van der Waals surface area contributed by atoms with E-state index in [-0.39, 0.29) is 5.69 Å². The highest BCUT2D eigenvalue weighted by Gasteiger charge is 2.11. The second-order valence-corrected chi connectivity index (χ2v) is 5.26. The van der Waals surface area contributed by atoms with Gasteiger partial charge in [0.1, 0.15) is 10.7 Å². The summed E-state index contributed by atoms with van der Waals surface area (Å²) in [6.07, 6.45) is 3.42. The van der Waals surface area contributed by atoms with Crippen molar-refractivity contribution in [3.8, 4) is 21.1 Å². The fourth-order valence-electron chi connectivity index (χ4n) is 1.51. The van der Waals surface area contributed by atoms with Gasteiger partial charge in [-0.1, -0.05) is 0 Å². The molecule has 0 radical (unpaired) electrons. The molecule has 0 aromatic carbocycles. The summed E-state index contributed by atoms with van der Waals surface area (Å²) >= 11 is 3.05. The normalized spacial score (nSPS) is 10.7. The maximum absolute atomic E-state index is 10.8. The van der Waals surface area contributed by atoms with E-state index in [4.69, 9.17) is 5.11 Å². The van der Waals surface area contributed by atoms with Crippen molar-refractivity contribution in [1.82, 2.24) is 15.0 Å². The Bertz CT molecular complexity index is 685. The number of aromatic amines is 1. The second-order valence-electron chi connectivity index (χ2n) is 3.51. The smallest absolute Gasteiger partial charge is 0.352 e. The number of carboxylic acids is 1. The Hall–Kier alpha value is -1.99. The molecular formula is C11H7N3O2S2. The quantitative estimate of drug-likeness (QED) is 0.771. The third-order valence-corrected chi connectivity index (χ3v) is 4.14. The van der Waals surface area contributed by atoms with Gasteiger partial charge >= 0.3 is 5.97 Å². The molecule has 0 amide bonds. The molecule has 0 fully saturated rings. The van der Waals surface area contributed by atoms with E-state index in [0.717, 1.165) is 21.1 Å². The molecule has 0 aliphatic rings. The lowest BCUT2D eigenvalue weighted by Crippen LogP contribution is -1.94. The molecule has 0 saturated carbocycles. The van der Waals surface area contributed by atoms with E-state index in [9.17, 15) is 4.79 Å². The fourth-order valence-corrected chi connectivity index (χ4v) is 3.03. The van der Waals surface area contributed by atoms with Crippen LogP contribution in [0.1, 0.15) is 10.5 Å². The standard InChI is InChI=1S/C11H7N3O2S2/c15-11(16)7-1-6(2-13-7)8-4-17-10(14-8)9-3-12-5-18-9/h1-5,13H,(H,15,16). The van der Waals surface area contributed by atoms with E-state index >= 15 is 0 Å². The molecular weight excluding hydrogens is 270 g/mol. The van der Waals surface area contributed by atoms with Gasteiger partial charge in [-0.25, -0.2) is 9.78 Å². The number of aromatic carboxylic acids is 1. The number of hydrogen-bond acceptors (Lipinski definition) is 5. The SMILES string of the molecule is O=C(O)c1cc(-c2csc(-c3cncs3)n2)c[nH]1. The number of nitrogens with zero attached hydrogens (tertiary/aromatic N) is 2. The van der Waals surface area contributed by atoms with Crippen molar-refractivity contribution in [3.63, 3.8) is 0 Å². The molecule has 0 aliphatic heterocycles. The lowest BCUT2D eigenvalue weighted by molar-refractivity contribution is 0.0691. The molecule has 3 aromatic heterocycles. The Kier molecular flexibility index (Phi) is 2.69. The molecule has 0 atom stereocenters. The van der Waals surface area contributed by atoms with E-state index < -0.39 is 5.97 Å². The number of nitrogens with one attached hydrogen (secondary N) is 1. The van der Waals surface area contributed by atoms with Gasteiger partial charge in [0.2, 0.25) is 0 Å². The van der Waals surface area contributed by atoms with E-state index in [0.29, 0.717) is 0 Å². The molecule has 90 valence electrons. The molecule has 0 unspecified atom stereocenters. The second kappa shape index (κ2) is 4.35. The van der Waals surface area contributed by atoms with Crippen molar-refractivity contribution < 1.29 is 9.90 Å². The summed E-state index contributed by atoms with van der Waals surface area (Å²) in [5, 5.41) is 11.6. The minimum absolute atomic E-state index is 0.164. The highest BCUT2D eigenvalue weighted by Crippen LogP contribution is 2.30. The maximum atomic E-state index is 10.8. The number of rotatable bonds is 3. The minimum atomic E-state index is -0.973. The van der Waals surface area contributed by atoms with Crippen molar-refractivity contribution in [3.05, 3.63) is 35.0 Å². The van der Waals surface area contributed by atoms with Crippen LogP contribution in [0.5, 0.6) is 0 Å². The molecule has 0 saturated heterocycles. The predicted octanol–water partition coefficient (Wildman–Crippen LogP) is 2.96. The zero-order valence-electron chi connectivity index (χ0n) is 8.95. The number of carbonyl (C=O) groups is 1. The monoisotopic (exact) mass is 277 g/mol. The van der Waals surface area contributed by atoms with Crippen LogP contribution in [0.15, 0.2) is 29.4 Å². The number of aromatic nitrogens is 3. The lowest BCUT2D eigenvalue weighted by atomic mass is 10.2. The molecule has 3 heterocycles. The first-order chi connectivity index (χ1) is 8.74. The third-order valence-electron chi connectivity index (χ3n) is 2.36. The van der Waals surface area contributed by atoms with Gasteiger partial charge in [0, 0.05) is 23.3 Å². The molecule has 18 heavy (non-hydrogen) atoms. The van der Waals surface area contributed by atoms with Crippen LogP contribution in [0.2, 0.25) is 0 Å². The molecule has 7 heteroatoms. The van der Waals surface area contributed by atoms with Crippen molar-refractivity contribution in [2.24, 2.45) is 0 Å². The Balaban J connectivity index is 1.95. The first-order valence-electron chi connectivity index (χ1n) is 5.00. The highest BCUT2D eigenvalue weighted by atomic mass is 32.1. The number of thiazole rings is 2. The van der Waals surface area contributed by atoms with Gasteiger partial charge in [-0.3, -0.25) is 4.98 Å². The van der Waals surface area contributed by atoms with Crippen molar-refractivity contribution in [2.75, 3.05) is 0 Å². The van der Waals surface area contributed by atoms with Crippen molar-refractivity contribution >= 4 is 28.6 Å². The first kappa shape index (κ1) is 11.1. The van der Waals surface area contributed by atoms with Crippen LogP contribution in [0.4, 0.5) is 0 Å². The van der Waals surface area contributed by atoms with Crippen LogP contribution >= 0.6 is 22.7 Å². The third kappa shape index (κ3) is 1.93. The zero-order valence-corrected chi connectivity index (χ0v) is 10.6. The average Bonchev–Trinajstić information content (AvgIpc) is 3.10. The molecule has 2 N–H and O–H groups in total. The van der Waals surface area contributed by atoms with Gasteiger partial charge in [0.05, 0.1) is 16.1 Å². The van der Waals surface area contributed by atoms with Gasteiger partial charge in [-0.05, 0) is 6.07 Å². The van der Waals surface area contributed by atoms with E-state index in [1.165, 1.54) is 22.7 Å². The highest BCUT2D eigenvalue weighted by molar-refractivity contribution is 7.20. The van der Waals surface area contributed by atoms with E-state index in [1.807, 2.05) is 5.38 Å². The molecule has 3 aromatic rings. The van der Waals surface area contributed by atoms with Gasteiger partial charge in [0.25, 0.3) is 0 Å². The summed E-state index contributed by atoms with van der Waals surface area (Å²) in [7, 11) is 0. The molecule has 0 bridgehead atoms. The molecule has 3 rings (SSSR count). The topological polar surface area (TPSA) is 78.9 Å². The first-order valence-corrected chi connectivity index (χ1v) is 6.76. The Labute approximate surface area is 110 Å². The van der Waals surface area contributed by atoms with Gasteiger partial charge in [0.15, 0.2) is 0 Å². The van der Waals surface area contributed by atoms with Crippen LogP contribution in [-0.2, 0) is 0 Å². The van der Waals surface area contributed by atoms with Crippen LogP contribution in [-0.4, -0.2) is 26.0 Å². The summed E-state index contributed by atoms with van der Waals surface area (Å²) in [6.45, 7) is 0. The van der Waals surface area contributed by atoms with Crippen molar-refractivity contribution in [2.45, 2.75) is 0 Å². The number of hydrogen-bond donors (Lipinski definition) is 2. The molecule has 0 spiro atoms. The number of H-pyrrole nitrogens is 1. The van der Waals surface area contributed by atoms with E-state index in [1.54, 1.807) is 24.0 Å². The Morgan fingerprint density at radius 3 is 2.94 bits per heavy atom. The van der Waals surface area contributed by atoms with Crippen LogP contribution in [0.25, 0.3) is 21.1 Å². The summed E-state index contributed by atoms with van der Waals surface area (Å²) in [4.78, 5) is 23.0. The summed E-state index contributed by atoms with van der Waals surface area (Å²) in [5.41, 5.74) is 3.47. The zero-order chi connectivity index (χ0) is 12.5. The summed E-state index contributed by atoms with van der Waals surface area (Å²) in [5.74, 6) is -0.973. The average molecular weight is 277 g/mol. The Morgan fingerprint density at radius 1 is 1.39 bits per heavy atom. The lowest BCUT2D eigenvalue weighted by Gasteiger charge is -1.88.